The van der Waals surface area contributed by atoms with Crippen molar-refractivity contribution in [3.8, 4) is 0 Å². The Labute approximate surface area is 114 Å². The fourth-order valence-corrected chi connectivity index (χ4v) is 2.33. The zero-order valence-electron chi connectivity index (χ0n) is 8.84. The SMILES string of the molecule is CCOC(=O)c1cnc(CBr)c(C(F)F)c1Br. The lowest BCUT2D eigenvalue weighted by molar-refractivity contribution is 0.0524. The lowest BCUT2D eigenvalue weighted by atomic mass is 10.1. The second kappa shape index (κ2) is 6.39. The topological polar surface area (TPSA) is 39.2 Å². The highest BCUT2D eigenvalue weighted by molar-refractivity contribution is 9.10. The summed E-state index contributed by atoms with van der Waals surface area (Å²) in [6.07, 6.45) is -1.48. The zero-order chi connectivity index (χ0) is 13.0. The molecule has 1 rings (SSSR count). The number of hydrogen-bond donors (Lipinski definition) is 0. The molecule has 0 saturated carbocycles. The number of alkyl halides is 3. The van der Waals surface area contributed by atoms with E-state index in [4.69, 9.17) is 4.74 Å². The molecule has 1 aromatic rings. The molecule has 0 aliphatic rings. The van der Waals surface area contributed by atoms with Crippen molar-refractivity contribution in [2.24, 2.45) is 0 Å². The van der Waals surface area contributed by atoms with Crippen LogP contribution in [0.25, 0.3) is 0 Å². The molecule has 0 amide bonds. The monoisotopic (exact) mass is 371 g/mol. The van der Waals surface area contributed by atoms with Gasteiger partial charge in [0, 0.05) is 16.0 Å². The molecular weight excluding hydrogens is 364 g/mol. The van der Waals surface area contributed by atoms with Crippen molar-refractivity contribution in [2.75, 3.05) is 6.61 Å². The van der Waals surface area contributed by atoms with Gasteiger partial charge in [0.1, 0.15) is 0 Å². The van der Waals surface area contributed by atoms with Gasteiger partial charge >= 0.3 is 5.97 Å². The van der Waals surface area contributed by atoms with Crippen molar-refractivity contribution in [3.05, 3.63) is 27.5 Å². The van der Waals surface area contributed by atoms with Gasteiger partial charge in [0.05, 0.1) is 23.4 Å². The summed E-state index contributed by atoms with van der Waals surface area (Å²) in [5, 5.41) is 0.189. The average Bonchev–Trinajstić information content (AvgIpc) is 2.27. The molecule has 0 atom stereocenters. The van der Waals surface area contributed by atoms with E-state index in [1.54, 1.807) is 6.92 Å². The van der Waals surface area contributed by atoms with Gasteiger partial charge in [-0.15, -0.1) is 0 Å². The Morgan fingerprint density at radius 3 is 2.71 bits per heavy atom. The summed E-state index contributed by atoms with van der Waals surface area (Å²) in [4.78, 5) is 15.3. The predicted octanol–water partition coefficient (Wildman–Crippen LogP) is 3.85. The van der Waals surface area contributed by atoms with E-state index in [2.05, 4.69) is 36.8 Å². The van der Waals surface area contributed by atoms with Crippen LogP contribution >= 0.6 is 31.9 Å². The highest BCUT2D eigenvalue weighted by Gasteiger charge is 2.23. The van der Waals surface area contributed by atoms with E-state index in [1.807, 2.05) is 0 Å². The Morgan fingerprint density at radius 1 is 1.59 bits per heavy atom. The summed E-state index contributed by atoms with van der Waals surface area (Å²) in [6, 6.07) is 0. The van der Waals surface area contributed by atoms with Crippen LogP contribution in [0.3, 0.4) is 0 Å². The molecule has 1 heterocycles. The summed E-state index contributed by atoms with van der Waals surface area (Å²) in [5.41, 5.74) is -0.0841. The van der Waals surface area contributed by atoms with Crippen molar-refractivity contribution in [2.45, 2.75) is 18.7 Å². The molecule has 0 saturated heterocycles. The number of hydrogen-bond acceptors (Lipinski definition) is 3. The number of aromatic nitrogens is 1. The van der Waals surface area contributed by atoms with E-state index >= 15 is 0 Å². The van der Waals surface area contributed by atoms with E-state index in [0.717, 1.165) is 0 Å². The second-order valence-electron chi connectivity index (χ2n) is 3.00. The normalized spacial score (nSPS) is 10.7. The van der Waals surface area contributed by atoms with Gasteiger partial charge in [-0.2, -0.15) is 0 Å². The molecular formula is C10H9Br2F2NO2. The minimum Gasteiger partial charge on any atom is -0.462 e. The van der Waals surface area contributed by atoms with Crippen molar-refractivity contribution < 1.29 is 18.3 Å². The molecule has 94 valence electrons. The van der Waals surface area contributed by atoms with Gasteiger partial charge in [0.25, 0.3) is 6.43 Å². The maximum atomic E-state index is 12.9. The largest absolute Gasteiger partial charge is 0.462 e. The van der Waals surface area contributed by atoms with Crippen LogP contribution in [-0.2, 0) is 10.1 Å². The number of pyridine rings is 1. The molecule has 0 aliphatic carbocycles. The summed E-state index contributed by atoms with van der Waals surface area (Å²) >= 11 is 6.07. The minimum absolute atomic E-state index is 0.00634. The van der Waals surface area contributed by atoms with E-state index in [-0.39, 0.29) is 33.2 Å². The molecule has 17 heavy (non-hydrogen) atoms. The molecule has 1 aromatic heterocycles. The lowest BCUT2D eigenvalue weighted by Gasteiger charge is -2.11. The first-order valence-corrected chi connectivity index (χ1v) is 6.62. The Hall–Kier alpha value is -0.560. The number of carbonyl (C=O) groups excluding carboxylic acids is 1. The second-order valence-corrected chi connectivity index (χ2v) is 4.35. The minimum atomic E-state index is -2.71. The molecule has 0 bridgehead atoms. The first kappa shape index (κ1) is 14.5. The van der Waals surface area contributed by atoms with Crippen LogP contribution in [0.1, 0.15) is 35.0 Å². The van der Waals surface area contributed by atoms with E-state index in [9.17, 15) is 13.6 Å². The van der Waals surface area contributed by atoms with Gasteiger partial charge < -0.3 is 4.74 Å². The zero-order valence-corrected chi connectivity index (χ0v) is 12.0. The fourth-order valence-electron chi connectivity index (χ4n) is 1.22. The van der Waals surface area contributed by atoms with Crippen LogP contribution in [0, 0.1) is 0 Å². The number of halogens is 4. The molecule has 0 spiro atoms. The van der Waals surface area contributed by atoms with Crippen molar-refractivity contribution >= 4 is 37.8 Å². The van der Waals surface area contributed by atoms with Gasteiger partial charge in [0.15, 0.2) is 0 Å². The third kappa shape index (κ3) is 3.22. The lowest BCUT2D eigenvalue weighted by Crippen LogP contribution is -2.09. The molecule has 3 nitrogen and oxygen atoms in total. The smallest absolute Gasteiger partial charge is 0.340 e. The van der Waals surface area contributed by atoms with Crippen molar-refractivity contribution in [1.82, 2.24) is 4.98 Å². The van der Waals surface area contributed by atoms with Gasteiger partial charge in [0.2, 0.25) is 0 Å². The Kier molecular flexibility index (Phi) is 5.45. The van der Waals surface area contributed by atoms with Crippen LogP contribution in [0.2, 0.25) is 0 Å². The molecule has 0 radical (unpaired) electrons. The van der Waals surface area contributed by atoms with Crippen LogP contribution in [0.5, 0.6) is 0 Å². The Morgan fingerprint density at radius 2 is 2.24 bits per heavy atom. The standard InChI is InChI=1S/C10H9Br2F2NO2/c1-2-17-10(16)5-4-15-6(3-11)7(8(5)12)9(13)14/h4,9H,2-3H2,1H3. The van der Waals surface area contributed by atoms with Crippen LogP contribution in [0.15, 0.2) is 10.7 Å². The highest BCUT2D eigenvalue weighted by atomic mass is 79.9. The summed E-state index contributed by atoms with van der Waals surface area (Å²) in [6.45, 7) is 1.82. The molecule has 0 fully saturated rings. The number of carbonyl (C=O) groups is 1. The summed E-state index contributed by atoms with van der Waals surface area (Å²) in [7, 11) is 0. The predicted molar refractivity (Wildman–Crippen MR) is 65.5 cm³/mol. The maximum Gasteiger partial charge on any atom is 0.340 e. The summed E-state index contributed by atoms with van der Waals surface area (Å²) in [5.74, 6) is -0.671. The Balaban J connectivity index is 3.27. The van der Waals surface area contributed by atoms with E-state index < -0.39 is 12.4 Å². The Bertz CT molecular complexity index is 427. The highest BCUT2D eigenvalue weighted by Crippen LogP contribution is 2.33. The van der Waals surface area contributed by atoms with Crippen LogP contribution in [0.4, 0.5) is 8.78 Å². The van der Waals surface area contributed by atoms with Gasteiger partial charge in [-0.3, -0.25) is 4.98 Å². The van der Waals surface area contributed by atoms with Crippen LogP contribution in [-0.4, -0.2) is 17.6 Å². The third-order valence-electron chi connectivity index (χ3n) is 1.97. The summed E-state index contributed by atoms with van der Waals surface area (Å²) < 4.78 is 30.5. The molecule has 0 aromatic carbocycles. The third-order valence-corrected chi connectivity index (χ3v) is 3.36. The number of nitrogens with zero attached hydrogens (tertiary/aromatic N) is 1. The molecule has 0 aliphatic heterocycles. The molecule has 0 N–H and O–H groups in total. The van der Waals surface area contributed by atoms with Gasteiger partial charge in [-0.05, 0) is 22.9 Å². The van der Waals surface area contributed by atoms with Crippen molar-refractivity contribution in [1.29, 1.82) is 0 Å². The first-order chi connectivity index (χ1) is 8.02. The molecule has 7 heteroatoms. The maximum absolute atomic E-state index is 12.9. The average molecular weight is 373 g/mol. The quantitative estimate of drug-likeness (QED) is 0.595. The number of esters is 1. The van der Waals surface area contributed by atoms with Gasteiger partial charge in [-0.25, -0.2) is 13.6 Å². The number of ether oxygens (including phenoxy) is 1. The van der Waals surface area contributed by atoms with Crippen LogP contribution < -0.4 is 0 Å². The van der Waals surface area contributed by atoms with Crippen molar-refractivity contribution in [3.63, 3.8) is 0 Å². The van der Waals surface area contributed by atoms with E-state index in [1.165, 1.54) is 6.20 Å². The fraction of sp³-hybridized carbons (Fsp3) is 0.400. The number of rotatable bonds is 4. The molecule has 0 unspecified atom stereocenters. The van der Waals surface area contributed by atoms with Gasteiger partial charge in [-0.1, -0.05) is 15.9 Å². The van der Waals surface area contributed by atoms with E-state index in [0.29, 0.717) is 0 Å². The first-order valence-electron chi connectivity index (χ1n) is 4.71.